The van der Waals surface area contributed by atoms with Crippen LogP contribution in [0.25, 0.3) is 11.3 Å². The Kier molecular flexibility index (Phi) is 4.24. The molecule has 112 valence electrons. The average molecular weight is 306 g/mol. The van der Waals surface area contributed by atoms with E-state index in [1.807, 2.05) is 30.0 Å². The van der Waals surface area contributed by atoms with Crippen LogP contribution < -0.4 is 15.2 Å². The summed E-state index contributed by atoms with van der Waals surface area (Å²) in [5, 5.41) is 3.91. The maximum Gasteiger partial charge on any atom is 0.222 e. The molecule has 1 aliphatic heterocycles. The van der Waals surface area contributed by atoms with Crippen LogP contribution in [0.1, 0.15) is 12.8 Å². The zero-order valence-corrected chi connectivity index (χ0v) is 12.7. The van der Waals surface area contributed by atoms with Crippen LogP contribution in [0, 0.1) is 0 Å². The van der Waals surface area contributed by atoms with Crippen LogP contribution in [-0.4, -0.2) is 29.9 Å². The molecule has 0 saturated carbocycles. The number of ether oxygens (including phenoxy) is 2. The lowest BCUT2D eigenvalue weighted by Gasteiger charge is -2.23. The van der Waals surface area contributed by atoms with Gasteiger partial charge in [-0.3, -0.25) is 0 Å². The second-order valence-electron chi connectivity index (χ2n) is 4.91. The highest BCUT2D eigenvalue weighted by Gasteiger charge is 2.18. The Bertz CT molecular complexity index is 609. The molecule has 0 bridgehead atoms. The number of nitrogen functional groups attached to an aromatic ring is 1. The first kappa shape index (κ1) is 14.1. The van der Waals surface area contributed by atoms with Gasteiger partial charge in [0.2, 0.25) is 5.88 Å². The van der Waals surface area contributed by atoms with Crippen molar-refractivity contribution in [1.82, 2.24) is 5.16 Å². The van der Waals surface area contributed by atoms with Crippen molar-refractivity contribution < 1.29 is 14.0 Å². The quantitative estimate of drug-likeness (QED) is 0.935. The number of aromatic nitrogens is 1. The van der Waals surface area contributed by atoms with Crippen LogP contribution in [0.2, 0.25) is 0 Å². The number of thioether (sulfide) groups is 1. The van der Waals surface area contributed by atoms with Gasteiger partial charge in [-0.05, 0) is 42.5 Å². The minimum absolute atomic E-state index is 0.272. The molecule has 1 aliphatic rings. The summed E-state index contributed by atoms with van der Waals surface area (Å²) in [4.78, 5) is 0. The summed E-state index contributed by atoms with van der Waals surface area (Å²) in [5.74, 6) is 4.08. The van der Waals surface area contributed by atoms with E-state index in [-0.39, 0.29) is 6.10 Å². The molecule has 0 unspecified atom stereocenters. The smallest absolute Gasteiger partial charge is 0.222 e. The van der Waals surface area contributed by atoms with Crippen LogP contribution in [0.15, 0.2) is 28.8 Å². The Morgan fingerprint density at radius 3 is 2.71 bits per heavy atom. The number of anilines is 1. The third-order valence-corrected chi connectivity index (χ3v) is 4.50. The van der Waals surface area contributed by atoms with E-state index in [2.05, 4.69) is 5.16 Å². The fourth-order valence-corrected chi connectivity index (χ4v) is 3.39. The third kappa shape index (κ3) is 3.26. The number of methoxy groups -OCH3 is 1. The van der Waals surface area contributed by atoms with E-state index in [1.54, 1.807) is 13.2 Å². The molecule has 2 N–H and O–H groups in total. The van der Waals surface area contributed by atoms with Gasteiger partial charge in [-0.25, -0.2) is 0 Å². The molecule has 3 rings (SSSR count). The molecule has 0 radical (unpaired) electrons. The molecule has 2 heterocycles. The summed E-state index contributed by atoms with van der Waals surface area (Å²) < 4.78 is 16.4. The van der Waals surface area contributed by atoms with E-state index >= 15 is 0 Å². The van der Waals surface area contributed by atoms with E-state index in [9.17, 15) is 0 Å². The van der Waals surface area contributed by atoms with E-state index in [0.29, 0.717) is 17.3 Å². The molecule has 0 spiro atoms. The average Bonchev–Trinajstić information content (AvgIpc) is 2.95. The number of rotatable bonds is 4. The highest BCUT2D eigenvalue weighted by molar-refractivity contribution is 7.99. The first-order chi connectivity index (χ1) is 10.3. The highest BCUT2D eigenvalue weighted by Crippen LogP contribution is 2.34. The van der Waals surface area contributed by atoms with Crippen molar-refractivity contribution in [2.75, 3.05) is 24.3 Å². The maximum atomic E-state index is 6.07. The molecule has 1 aromatic heterocycles. The third-order valence-electron chi connectivity index (χ3n) is 3.45. The van der Waals surface area contributed by atoms with Crippen molar-refractivity contribution >= 4 is 17.6 Å². The molecule has 6 heteroatoms. The number of benzene rings is 1. The van der Waals surface area contributed by atoms with Crippen molar-refractivity contribution in [1.29, 1.82) is 0 Å². The van der Waals surface area contributed by atoms with Gasteiger partial charge < -0.3 is 19.7 Å². The summed E-state index contributed by atoms with van der Waals surface area (Å²) >= 11 is 1.98. The Hall–Kier alpha value is -1.82. The van der Waals surface area contributed by atoms with Crippen LogP contribution in [0.3, 0.4) is 0 Å². The van der Waals surface area contributed by atoms with Crippen LogP contribution in [0.4, 0.5) is 5.88 Å². The van der Waals surface area contributed by atoms with Gasteiger partial charge in [0.05, 0.1) is 7.11 Å². The Morgan fingerprint density at radius 1 is 1.24 bits per heavy atom. The number of hydrogen-bond donors (Lipinski definition) is 1. The normalized spacial score (nSPS) is 15.9. The van der Waals surface area contributed by atoms with Crippen LogP contribution >= 0.6 is 11.8 Å². The second kappa shape index (κ2) is 6.30. The van der Waals surface area contributed by atoms with Gasteiger partial charge in [0.1, 0.15) is 11.8 Å². The van der Waals surface area contributed by atoms with Gasteiger partial charge in [-0.1, -0.05) is 5.16 Å². The largest absolute Gasteiger partial charge is 0.493 e. The molecule has 1 fully saturated rings. The van der Waals surface area contributed by atoms with E-state index in [1.165, 1.54) is 0 Å². The standard InChI is InChI=1S/C15H18N2O3S/c1-18-14-8-10(12-9-15(16)20-17-12)2-3-13(14)19-11-4-6-21-7-5-11/h2-3,8-9,11H,4-7,16H2,1H3. The topological polar surface area (TPSA) is 70.5 Å². The first-order valence-corrected chi connectivity index (χ1v) is 8.07. The van der Waals surface area contributed by atoms with Crippen molar-refractivity contribution in [2.24, 2.45) is 0 Å². The highest BCUT2D eigenvalue weighted by atomic mass is 32.2. The lowest BCUT2D eigenvalue weighted by molar-refractivity contribution is 0.184. The molecule has 1 saturated heterocycles. The molecule has 1 aromatic carbocycles. The summed E-state index contributed by atoms with van der Waals surface area (Å²) in [6.45, 7) is 0. The van der Waals surface area contributed by atoms with Gasteiger partial charge in [0, 0.05) is 11.6 Å². The molecule has 21 heavy (non-hydrogen) atoms. The lowest BCUT2D eigenvalue weighted by atomic mass is 10.1. The van der Waals surface area contributed by atoms with E-state index in [0.717, 1.165) is 35.7 Å². The van der Waals surface area contributed by atoms with Gasteiger partial charge in [-0.15, -0.1) is 0 Å². The Morgan fingerprint density at radius 2 is 2.05 bits per heavy atom. The Balaban J connectivity index is 1.81. The molecule has 0 amide bonds. The van der Waals surface area contributed by atoms with Gasteiger partial charge in [-0.2, -0.15) is 11.8 Å². The van der Waals surface area contributed by atoms with Crippen LogP contribution in [0.5, 0.6) is 11.5 Å². The fraction of sp³-hybridized carbons (Fsp3) is 0.400. The van der Waals surface area contributed by atoms with Crippen molar-refractivity contribution in [3.8, 4) is 22.8 Å². The predicted molar refractivity (Wildman–Crippen MR) is 83.9 cm³/mol. The number of nitrogens with zero attached hydrogens (tertiary/aromatic N) is 1. The van der Waals surface area contributed by atoms with Crippen molar-refractivity contribution in [2.45, 2.75) is 18.9 Å². The SMILES string of the molecule is COc1cc(-c2cc(N)on2)ccc1OC1CCSCC1. The zero-order valence-electron chi connectivity index (χ0n) is 11.9. The summed E-state index contributed by atoms with van der Waals surface area (Å²) in [6, 6.07) is 7.44. The predicted octanol–water partition coefficient (Wildman–Crippen LogP) is 3.21. The summed E-state index contributed by atoms with van der Waals surface area (Å²) in [6.07, 6.45) is 2.43. The molecular formula is C15H18N2O3S. The molecule has 0 aliphatic carbocycles. The molecule has 0 atom stereocenters. The van der Waals surface area contributed by atoms with Gasteiger partial charge in [0.25, 0.3) is 0 Å². The summed E-state index contributed by atoms with van der Waals surface area (Å²) in [5.41, 5.74) is 7.13. The van der Waals surface area contributed by atoms with Crippen molar-refractivity contribution in [3.63, 3.8) is 0 Å². The monoisotopic (exact) mass is 306 g/mol. The second-order valence-corrected chi connectivity index (χ2v) is 6.13. The maximum absolute atomic E-state index is 6.07. The minimum atomic E-state index is 0.272. The zero-order chi connectivity index (χ0) is 14.7. The summed E-state index contributed by atoms with van der Waals surface area (Å²) in [7, 11) is 1.64. The molecule has 5 nitrogen and oxygen atoms in total. The lowest BCUT2D eigenvalue weighted by Crippen LogP contribution is -2.22. The number of hydrogen-bond acceptors (Lipinski definition) is 6. The Labute approximate surface area is 127 Å². The van der Waals surface area contributed by atoms with Crippen LogP contribution in [-0.2, 0) is 0 Å². The number of nitrogens with two attached hydrogens (primary N) is 1. The van der Waals surface area contributed by atoms with Crippen molar-refractivity contribution in [3.05, 3.63) is 24.3 Å². The first-order valence-electron chi connectivity index (χ1n) is 6.91. The van der Waals surface area contributed by atoms with E-state index in [4.69, 9.17) is 19.7 Å². The van der Waals surface area contributed by atoms with Gasteiger partial charge in [0.15, 0.2) is 11.5 Å². The molecular weight excluding hydrogens is 288 g/mol. The minimum Gasteiger partial charge on any atom is -0.493 e. The van der Waals surface area contributed by atoms with Gasteiger partial charge >= 0.3 is 0 Å². The molecule has 2 aromatic rings. The van der Waals surface area contributed by atoms with E-state index < -0.39 is 0 Å². The fourth-order valence-electron chi connectivity index (χ4n) is 2.32.